The summed E-state index contributed by atoms with van der Waals surface area (Å²) in [5.74, 6) is -0.849. The van der Waals surface area contributed by atoms with Crippen LogP contribution in [-0.4, -0.2) is 28.9 Å². The molecule has 1 saturated heterocycles. The smallest absolute Gasteiger partial charge is 0.265 e. The zero-order valence-corrected chi connectivity index (χ0v) is 11.2. The van der Waals surface area contributed by atoms with E-state index in [-0.39, 0.29) is 16.6 Å². The molecule has 2 rings (SSSR count). The van der Waals surface area contributed by atoms with Crippen LogP contribution in [0.2, 0.25) is 0 Å². The lowest BCUT2D eigenvalue weighted by atomic mass is 10.1. The van der Waals surface area contributed by atoms with Crippen molar-refractivity contribution in [2.75, 3.05) is 7.05 Å². The van der Waals surface area contributed by atoms with Crippen LogP contribution in [0.15, 0.2) is 35.2 Å². The highest BCUT2D eigenvalue weighted by molar-refractivity contribution is 7.80. The summed E-state index contributed by atoms with van der Waals surface area (Å²) in [6, 6.07) is 3.88. The normalized spacial score (nSPS) is 18.8. The minimum atomic E-state index is -0.459. The van der Waals surface area contributed by atoms with Gasteiger partial charge in [0, 0.05) is 11.9 Å². The van der Waals surface area contributed by atoms with Crippen molar-refractivity contribution in [1.82, 2.24) is 10.2 Å². The lowest BCUT2D eigenvalue weighted by Crippen LogP contribution is -2.52. The Labute approximate surface area is 114 Å². The van der Waals surface area contributed by atoms with E-state index in [0.717, 1.165) is 4.88 Å². The first-order valence-electron chi connectivity index (χ1n) is 5.15. The van der Waals surface area contributed by atoms with Crippen molar-refractivity contribution in [2.24, 2.45) is 0 Å². The van der Waals surface area contributed by atoms with Gasteiger partial charge >= 0.3 is 0 Å². The van der Waals surface area contributed by atoms with Crippen LogP contribution < -0.4 is 5.32 Å². The van der Waals surface area contributed by atoms with Crippen molar-refractivity contribution in [3.8, 4) is 0 Å². The molecule has 2 amide bonds. The molecule has 0 aromatic carbocycles. The third-order valence-corrected chi connectivity index (χ3v) is 3.58. The van der Waals surface area contributed by atoms with Crippen LogP contribution in [0.4, 0.5) is 0 Å². The molecule has 0 bridgehead atoms. The van der Waals surface area contributed by atoms with Crippen LogP contribution in [0.5, 0.6) is 0 Å². The predicted octanol–water partition coefficient (Wildman–Crippen LogP) is 1.56. The highest BCUT2D eigenvalue weighted by atomic mass is 32.1. The first kappa shape index (κ1) is 12.7. The van der Waals surface area contributed by atoms with E-state index in [1.54, 1.807) is 17.4 Å². The summed E-state index contributed by atoms with van der Waals surface area (Å²) in [5, 5.41) is 4.54. The summed E-state index contributed by atoms with van der Waals surface area (Å²) in [6.45, 7) is 0. The van der Waals surface area contributed by atoms with Crippen LogP contribution in [0.1, 0.15) is 4.88 Å². The molecule has 0 atom stereocenters. The van der Waals surface area contributed by atoms with Crippen LogP contribution in [0.25, 0.3) is 6.08 Å². The average molecular weight is 278 g/mol. The molecule has 4 nitrogen and oxygen atoms in total. The van der Waals surface area contributed by atoms with Gasteiger partial charge in [-0.15, -0.1) is 11.3 Å². The van der Waals surface area contributed by atoms with Crippen molar-refractivity contribution in [3.05, 3.63) is 40.1 Å². The van der Waals surface area contributed by atoms with Crippen molar-refractivity contribution in [1.29, 1.82) is 0 Å². The molecule has 1 aromatic heterocycles. The minimum Gasteiger partial charge on any atom is -0.298 e. The number of carbonyl (C=O) groups is 2. The Bertz CT molecular complexity index is 559. The molecule has 1 aliphatic rings. The second kappa shape index (κ2) is 5.24. The SMILES string of the molecule is CN1C(=O)/C(=C\C=C\c2cccs2)C(=O)NC1=S. The fourth-order valence-electron chi connectivity index (χ4n) is 1.39. The number of allylic oxidation sites excluding steroid dienone is 2. The molecule has 0 spiro atoms. The molecule has 0 aliphatic carbocycles. The van der Waals surface area contributed by atoms with Crippen LogP contribution in [-0.2, 0) is 9.59 Å². The molecule has 2 heterocycles. The van der Waals surface area contributed by atoms with Crippen molar-refractivity contribution in [2.45, 2.75) is 0 Å². The zero-order valence-electron chi connectivity index (χ0n) is 9.54. The van der Waals surface area contributed by atoms with Gasteiger partial charge in [0.15, 0.2) is 5.11 Å². The number of hydrogen-bond acceptors (Lipinski definition) is 4. The van der Waals surface area contributed by atoms with Crippen molar-refractivity contribution < 1.29 is 9.59 Å². The molecule has 1 aliphatic heterocycles. The lowest BCUT2D eigenvalue weighted by molar-refractivity contribution is -0.128. The Hall–Kier alpha value is -1.79. The largest absolute Gasteiger partial charge is 0.298 e. The van der Waals surface area contributed by atoms with E-state index in [0.29, 0.717) is 0 Å². The average Bonchev–Trinajstić information content (AvgIpc) is 2.84. The van der Waals surface area contributed by atoms with Gasteiger partial charge in [-0.3, -0.25) is 19.8 Å². The summed E-state index contributed by atoms with van der Waals surface area (Å²) in [5.41, 5.74) is 0.0823. The Morgan fingerprint density at radius 1 is 1.44 bits per heavy atom. The Balaban J connectivity index is 2.19. The van der Waals surface area contributed by atoms with Gasteiger partial charge in [-0.2, -0.15) is 0 Å². The Morgan fingerprint density at radius 3 is 2.89 bits per heavy atom. The van der Waals surface area contributed by atoms with Gasteiger partial charge in [-0.25, -0.2) is 0 Å². The molecule has 1 N–H and O–H groups in total. The van der Waals surface area contributed by atoms with E-state index in [1.165, 1.54) is 18.0 Å². The van der Waals surface area contributed by atoms with Crippen LogP contribution >= 0.6 is 23.6 Å². The number of carbonyl (C=O) groups excluding carboxylic acids is 2. The molecule has 6 heteroatoms. The monoisotopic (exact) mass is 278 g/mol. The number of thiophene rings is 1. The van der Waals surface area contributed by atoms with Gasteiger partial charge in [0.1, 0.15) is 5.57 Å². The second-order valence-electron chi connectivity index (χ2n) is 3.58. The van der Waals surface area contributed by atoms with E-state index < -0.39 is 5.91 Å². The lowest BCUT2D eigenvalue weighted by Gasteiger charge is -2.24. The number of nitrogens with zero attached hydrogens (tertiary/aromatic N) is 1. The quantitative estimate of drug-likeness (QED) is 0.507. The summed E-state index contributed by atoms with van der Waals surface area (Å²) in [7, 11) is 1.53. The first-order valence-corrected chi connectivity index (χ1v) is 6.43. The summed E-state index contributed by atoms with van der Waals surface area (Å²) >= 11 is 6.42. The zero-order chi connectivity index (χ0) is 13.1. The number of amides is 2. The fourth-order valence-corrected chi connectivity index (χ4v) is 2.19. The predicted molar refractivity (Wildman–Crippen MR) is 74.9 cm³/mol. The molecular weight excluding hydrogens is 268 g/mol. The van der Waals surface area contributed by atoms with E-state index in [9.17, 15) is 9.59 Å². The number of rotatable bonds is 2. The van der Waals surface area contributed by atoms with Gasteiger partial charge in [0.2, 0.25) is 0 Å². The topological polar surface area (TPSA) is 49.4 Å². The highest BCUT2D eigenvalue weighted by Crippen LogP contribution is 2.12. The summed E-state index contributed by atoms with van der Waals surface area (Å²) in [6.07, 6.45) is 5.02. The standard InChI is InChI=1S/C12H10N2O2S2/c1-14-11(16)9(10(15)13-12(14)17)6-2-4-8-5-3-7-18-8/h2-7H,1H3,(H,13,15,17)/b4-2+,9-6-. The maximum atomic E-state index is 11.8. The van der Waals surface area contributed by atoms with Gasteiger partial charge in [0.25, 0.3) is 11.8 Å². The number of likely N-dealkylation sites (N-methyl/N-ethyl adjacent to an activating group) is 1. The molecule has 0 unspecified atom stereocenters. The van der Waals surface area contributed by atoms with Gasteiger partial charge in [0.05, 0.1) is 0 Å². The van der Waals surface area contributed by atoms with Gasteiger partial charge in [-0.1, -0.05) is 12.1 Å². The molecule has 0 radical (unpaired) electrons. The third kappa shape index (κ3) is 2.55. The molecule has 0 saturated carbocycles. The number of hydrogen-bond donors (Lipinski definition) is 1. The van der Waals surface area contributed by atoms with Crippen LogP contribution in [0.3, 0.4) is 0 Å². The second-order valence-corrected chi connectivity index (χ2v) is 4.94. The molecule has 1 aromatic rings. The third-order valence-electron chi connectivity index (χ3n) is 2.37. The van der Waals surface area contributed by atoms with E-state index in [2.05, 4.69) is 5.32 Å². The maximum Gasteiger partial charge on any atom is 0.265 e. The van der Waals surface area contributed by atoms with E-state index in [4.69, 9.17) is 12.2 Å². The van der Waals surface area contributed by atoms with E-state index in [1.807, 2.05) is 23.6 Å². The van der Waals surface area contributed by atoms with Gasteiger partial charge in [-0.05, 0) is 35.8 Å². The molecular formula is C12H10N2O2S2. The molecule has 1 fully saturated rings. The fraction of sp³-hybridized carbons (Fsp3) is 0.0833. The first-order chi connectivity index (χ1) is 8.59. The van der Waals surface area contributed by atoms with Crippen LogP contribution in [0, 0.1) is 0 Å². The number of thiocarbonyl (C=S) groups is 1. The molecule has 18 heavy (non-hydrogen) atoms. The van der Waals surface area contributed by atoms with Crippen molar-refractivity contribution >= 4 is 46.6 Å². The Morgan fingerprint density at radius 2 is 2.22 bits per heavy atom. The minimum absolute atomic E-state index is 0.0823. The molecule has 92 valence electrons. The van der Waals surface area contributed by atoms with E-state index >= 15 is 0 Å². The number of nitrogens with one attached hydrogen (secondary N) is 1. The highest BCUT2D eigenvalue weighted by Gasteiger charge is 2.30. The van der Waals surface area contributed by atoms with Gasteiger partial charge < -0.3 is 0 Å². The maximum absolute atomic E-state index is 11.8. The van der Waals surface area contributed by atoms with Crippen molar-refractivity contribution in [3.63, 3.8) is 0 Å². The summed E-state index contributed by atoms with van der Waals surface area (Å²) < 4.78 is 0. The summed E-state index contributed by atoms with van der Waals surface area (Å²) in [4.78, 5) is 25.7. The Kier molecular flexibility index (Phi) is 3.69.